The van der Waals surface area contributed by atoms with E-state index in [0.717, 1.165) is 24.7 Å². The Kier molecular flexibility index (Phi) is 14.0. The Morgan fingerprint density at radius 3 is 1.07 bits per heavy atom. The standard InChI is InChI=1S/2C24H24N8O4.C23H22N8O4/c2*1-14-4-5-17(25-10-14)23(34)30-6-8-31(9-7-30)24(35)21(33)16-11-26-20-19(16)18(36-3)12-27-22(20)32-13-28-15(2)29-32;1-14-27-13-31(28-14)21-19-18(17(35-2)12-26-21)15(11-25-19)20(32)23(34)30-9-7-29(8-10-30)22(33)16-5-3-4-6-24-16/h2*4-5,10-13,26H,6-9H2,1-3H3;3-6,11-13,25H,7-10H2,1-2H3/i4D,5D,6D2,7D2,8D2,9D2,10D;4D,5D,10D;7D2,8D2,9D2,10D2. The molecule has 0 aromatic carbocycles. The van der Waals surface area contributed by atoms with Crippen molar-refractivity contribution in [2.75, 3.05) is 99.5 Å². The van der Waals surface area contributed by atoms with Crippen LogP contribution in [0.15, 0.2) is 117 Å². The molecule has 3 saturated heterocycles. The van der Waals surface area contributed by atoms with Gasteiger partial charge in [0.15, 0.2) is 17.5 Å². The molecule has 3 aliphatic heterocycles. The van der Waals surface area contributed by atoms with Crippen LogP contribution in [0.2, 0.25) is 0 Å². The van der Waals surface area contributed by atoms with Crippen molar-refractivity contribution in [2.24, 2.45) is 0 Å². The van der Waals surface area contributed by atoms with Crippen LogP contribution in [-0.2, 0) is 14.4 Å². The number of rotatable bonds is 15. The molecule has 0 aliphatic carbocycles. The summed E-state index contributed by atoms with van der Waals surface area (Å²) < 4.78 is 204. The first-order valence-electron chi connectivity index (χ1n) is 42.4. The van der Waals surface area contributed by atoms with Crippen LogP contribution in [0.25, 0.3) is 50.2 Å². The summed E-state index contributed by atoms with van der Waals surface area (Å²) in [6, 6.07) is 1.68. The Hall–Kier alpha value is -13.8. The first-order valence-corrected chi connectivity index (χ1v) is 31.4. The van der Waals surface area contributed by atoms with E-state index in [1.165, 1.54) is 115 Å². The SMILES string of the molecule is [2H]C1([2H])N(C(=O)C(=O)c2c[nH]c3c(-n4cnc(C)n4)ncc(OC)c23)C([2H])([2H])C([2H])([2H])N(C(=O)c2ccccn2)C1([2H])[2H].[2H]c1nc(C(=O)N2C([2H])([2H])C([2H])([2H])N(C(=O)C(=O)c3c[nH]c4c(-n5cnc(C)n5)ncc(OC)c34)C([2H])([2H])C2([2H])[2H])c([2H])c([2H])c1C.[2H]c1nc(C(=O)N2CCN(C(=O)C(=O)c3c[nH]c4c(-n5cnc(C)n5)ncc(OC)c34)CC2)c([2H])c([2H])c1C. The number of aryl methyl sites for hydroxylation is 3. The predicted molar refractivity (Wildman–Crippen MR) is 380 cm³/mol. The zero-order chi connectivity index (χ0) is 94.9. The highest BCUT2D eigenvalue weighted by Gasteiger charge is 2.36. The fourth-order valence-electron chi connectivity index (χ4n) is 10.7. The molecule has 0 spiro atoms. The summed E-state index contributed by atoms with van der Waals surface area (Å²) in [6.45, 7) is -22.6. The van der Waals surface area contributed by atoms with Gasteiger partial charge in [0, 0.05) is 115 Å². The Labute approximate surface area is 638 Å². The van der Waals surface area contributed by atoms with E-state index in [1.54, 1.807) is 20.8 Å². The lowest BCUT2D eigenvalue weighted by molar-refractivity contribution is -0.128. The fourth-order valence-corrected chi connectivity index (χ4v) is 10.7. The van der Waals surface area contributed by atoms with Crippen LogP contribution < -0.4 is 14.2 Å². The summed E-state index contributed by atoms with van der Waals surface area (Å²) in [5.41, 5.74) is -1.95. The van der Waals surface area contributed by atoms with Crippen molar-refractivity contribution in [3.8, 4) is 34.7 Å². The summed E-state index contributed by atoms with van der Waals surface area (Å²) in [7, 11) is 3.93. The third kappa shape index (κ3) is 14.5. The molecule has 0 atom stereocenters. The number of carbonyl (C=O) groups excluding carboxylic acids is 9. The monoisotopic (exact) mass is 1470 g/mol. The van der Waals surface area contributed by atoms with Gasteiger partial charge in [-0.25, -0.2) is 43.9 Å². The van der Waals surface area contributed by atoms with Crippen molar-refractivity contribution < 1.29 is 87.5 Å². The van der Waals surface area contributed by atoms with Gasteiger partial charge in [-0.3, -0.25) is 58.1 Å². The number of methoxy groups -OCH3 is 3. The molecule has 36 nitrogen and oxygen atoms in total. The quantitative estimate of drug-likeness (QED) is 0.0973. The number of carbonyl (C=O) groups is 9. The second-order valence-corrected chi connectivity index (χ2v) is 22.7. The van der Waals surface area contributed by atoms with E-state index < -0.39 is 160 Å². The number of pyridine rings is 6. The molecule has 3 fully saturated rings. The molecule has 36 heteroatoms. The second-order valence-electron chi connectivity index (χ2n) is 22.7. The number of hydrogen-bond acceptors (Lipinski definition) is 24. The number of aromatic amines is 3. The number of hydrogen-bond donors (Lipinski definition) is 3. The molecule has 0 saturated carbocycles. The molecule has 15 rings (SSSR count). The summed E-state index contributed by atoms with van der Waals surface area (Å²) in [5.74, 6) is -10.3. The number of piperazine rings is 3. The van der Waals surface area contributed by atoms with Gasteiger partial charge in [-0.05, 0) is 70.0 Å². The Morgan fingerprint density at radius 2 is 0.738 bits per heavy atom. The maximum Gasteiger partial charge on any atom is 0.295 e. The molecule has 0 unspecified atom stereocenters. The van der Waals surface area contributed by atoms with Crippen molar-refractivity contribution in [2.45, 2.75) is 34.6 Å². The van der Waals surface area contributed by atoms with Crippen LogP contribution in [-0.4, -0.2) is 271 Å². The van der Waals surface area contributed by atoms with E-state index in [1.807, 2.05) is 0 Å². The second kappa shape index (κ2) is 30.6. The third-order valence-corrected chi connectivity index (χ3v) is 15.9. The molecule has 3 aliphatic rings. The fraction of sp³-hybridized carbons (Fsp3) is 0.282. The van der Waals surface area contributed by atoms with Crippen molar-refractivity contribution in [3.05, 3.63) is 179 Å². The topological polar surface area (TPSA) is 418 Å². The van der Waals surface area contributed by atoms with Crippen LogP contribution in [0.3, 0.4) is 0 Å². The minimum atomic E-state index is -3.95. The van der Waals surface area contributed by atoms with Gasteiger partial charge in [0.25, 0.3) is 52.8 Å². The number of ketones is 3. The maximum atomic E-state index is 13.8. The molecule has 6 amide bonds. The molecule has 12 aromatic heterocycles. The predicted octanol–water partition coefficient (Wildman–Crippen LogP) is 3.69. The number of amides is 6. The van der Waals surface area contributed by atoms with Gasteiger partial charge in [-0.15, -0.1) is 0 Å². The molecular formula is C71H70N24O12. The lowest BCUT2D eigenvalue weighted by Crippen LogP contribution is -2.52. The van der Waals surface area contributed by atoms with E-state index in [0.29, 0.717) is 39.9 Å². The molecule has 15 heterocycles. The number of nitrogens with one attached hydrogen (secondary N) is 3. The number of fused-ring (bicyclic) bond motifs is 3. The maximum absolute atomic E-state index is 13.8. The summed E-state index contributed by atoms with van der Waals surface area (Å²) in [5, 5.41) is 12.9. The molecule has 0 radical (unpaired) electrons. The Bertz CT molecular complexity index is 6590. The highest BCUT2D eigenvalue weighted by Crippen LogP contribution is 2.35. The highest BCUT2D eigenvalue weighted by molar-refractivity contribution is 6.46. The molecular weight excluding hydrogens is 1380 g/mol. The molecule has 12 aromatic rings. The summed E-state index contributed by atoms with van der Waals surface area (Å²) in [4.78, 5) is 167. The normalized spacial score (nSPS) is 20.5. The lowest BCUT2D eigenvalue weighted by Gasteiger charge is -2.34. The van der Waals surface area contributed by atoms with Crippen molar-refractivity contribution >= 4 is 85.5 Å². The first-order chi connectivity index (χ1) is 60.2. The van der Waals surface area contributed by atoms with Crippen molar-refractivity contribution in [3.63, 3.8) is 0 Å². The number of H-pyrrole nitrogens is 3. The zero-order valence-electron chi connectivity index (χ0n) is 79.1. The largest absolute Gasteiger partial charge is 0.494 e. The molecule has 546 valence electrons. The van der Waals surface area contributed by atoms with Crippen molar-refractivity contribution in [1.29, 1.82) is 0 Å². The minimum absolute atomic E-state index is 0.00422. The number of nitrogens with zero attached hydrogens (tertiary/aromatic N) is 21. The number of ether oxygens (including phenoxy) is 3. The van der Waals surface area contributed by atoms with Crippen LogP contribution in [0, 0.1) is 34.6 Å². The van der Waals surface area contributed by atoms with E-state index in [-0.39, 0.29) is 117 Å². The van der Waals surface area contributed by atoms with Crippen LogP contribution in [0.1, 0.15) is 121 Å². The average molecular weight is 1470 g/mol. The van der Waals surface area contributed by atoms with Gasteiger partial charge < -0.3 is 58.6 Å². The lowest BCUT2D eigenvalue weighted by atomic mass is 10.1. The number of Topliss-reactive ketones (excluding diaryl/α,β-unsaturated/α-hetero) is 3. The van der Waals surface area contributed by atoms with Crippen LogP contribution >= 0.6 is 0 Å². The van der Waals surface area contributed by atoms with Gasteiger partial charge in [-0.2, -0.15) is 15.3 Å². The summed E-state index contributed by atoms with van der Waals surface area (Å²) in [6.07, 6.45) is 11.8. The van der Waals surface area contributed by atoms with Gasteiger partial charge in [-0.1, -0.05) is 18.2 Å². The molecule has 3 N–H and O–H groups in total. The first kappa shape index (κ1) is 48.9. The van der Waals surface area contributed by atoms with Crippen molar-refractivity contribution in [1.82, 2.24) is 119 Å². The average Bonchev–Trinajstić information content (AvgIpc) is 1.32. The Morgan fingerprint density at radius 1 is 0.402 bits per heavy atom. The van der Waals surface area contributed by atoms with E-state index in [4.69, 9.17) is 44.4 Å². The van der Waals surface area contributed by atoms with E-state index in [9.17, 15) is 43.2 Å². The highest BCUT2D eigenvalue weighted by atomic mass is 16.5. The van der Waals surface area contributed by atoms with Crippen LogP contribution in [0.4, 0.5) is 0 Å². The zero-order valence-corrected chi connectivity index (χ0v) is 57.1. The minimum Gasteiger partial charge on any atom is -0.494 e. The molecule has 0 bridgehead atoms. The Balaban J connectivity index is 0.000000166. The molecule has 107 heavy (non-hydrogen) atoms. The van der Waals surface area contributed by atoms with Gasteiger partial charge >= 0.3 is 0 Å². The third-order valence-electron chi connectivity index (χ3n) is 15.9. The van der Waals surface area contributed by atoms with Crippen LogP contribution in [0.5, 0.6) is 17.2 Å². The van der Waals surface area contributed by atoms with Gasteiger partial charge in [0.05, 0.1) is 119 Å². The smallest absolute Gasteiger partial charge is 0.295 e. The van der Waals surface area contributed by atoms with E-state index in [2.05, 4.69) is 75.1 Å². The van der Waals surface area contributed by atoms with E-state index >= 15 is 0 Å². The number of aromatic nitrogens is 18. The van der Waals surface area contributed by atoms with Gasteiger partial charge in [0.2, 0.25) is 0 Å². The van der Waals surface area contributed by atoms with Gasteiger partial charge in [0.1, 0.15) is 70.8 Å². The summed E-state index contributed by atoms with van der Waals surface area (Å²) >= 11 is 0.